The van der Waals surface area contributed by atoms with Gasteiger partial charge in [-0.3, -0.25) is 13.8 Å². The lowest BCUT2D eigenvalue weighted by molar-refractivity contribution is -0.870. The highest BCUT2D eigenvalue weighted by molar-refractivity contribution is 7.47. The molecule has 0 aliphatic rings. The van der Waals surface area contributed by atoms with Gasteiger partial charge in [-0.25, -0.2) is 4.57 Å². The van der Waals surface area contributed by atoms with E-state index in [1.54, 1.807) is 0 Å². The van der Waals surface area contributed by atoms with E-state index in [1.165, 1.54) is 244 Å². The molecule has 0 heterocycles. The molecular formula is C65H128N2O6P+. The molecule has 0 saturated carbocycles. The first-order chi connectivity index (χ1) is 36.0. The number of rotatable bonds is 60. The second-order valence-corrected chi connectivity index (χ2v) is 25.0. The monoisotopic (exact) mass is 1060 g/mol. The highest BCUT2D eigenvalue weighted by Gasteiger charge is 2.28. The summed E-state index contributed by atoms with van der Waals surface area (Å²) >= 11 is 0. The second kappa shape index (κ2) is 56.4. The van der Waals surface area contributed by atoms with Crippen LogP contribution in [-0.4, -0.2) is 73.4 Å². The summed E-state index contributed by atoms with van der Waals surface area (Å²) in [4.78, 5) is 23.3. The average molecular weight is 1060 g/mol. The molecule has 1 amide bonds. The van der Waals surface area contributed by atoms with Crippen LogP contribution in [0.5, 0.6) is 0 Å². The van der Waals surface area contributed by atoms with Crippen LogP contribution in [-0.2, 0) is 18.4 Å². The number of unbranched alkanes of at least 4 members (excludes halogenated alkanes) is 41. The van der Waals surface area contributed by atoms with Crippen molar-refractivity contribution in [3.8, 4) is 0 Å². The Kier molecular flexibility index (Phi) is 55.5. The summed E-state index contributed by atoms with van der Waals surface area (Å²) in [6, 6.07) is -0.757. The van der Waals surface area contributed by atoms with Gasteiger partial charge in [0, 0.05) is 6.42 Å². The van der Waals surface area contributed by atoms with E-state index in [1.807, 2.05) is 21.1 Å². The van der Waals surface area contributed by atoms with Crippen molar-refractivity contribution < 1.29 is 32.9 Å². The van der Waals surface area contributed by atoms with Gasteiger partial charge in [-0.2, -0.15) is 0 Å². The molecule has 0 aromatic heterocycles. The molecule has 8 nitrogen and oxygen atoms in total. The number of quaternary nitrogens is 1. The highest BCUT2D eigenvalue weighted by atomic mass is 31.2. The number of phosphoric ester groups is 1. The van der Waals surface area contributed by atoms with Crippen molar-refractivity contribution >= 4 is 13.7 Å². The number of amides is 1. The van der Waals surface area contributed by atoms with E-state index in [9.17, 15) is 19.4 Å². The van der Waals surface area contributed by atoms with Gasteiger partial charge in [0.1, 0.15) is 13.2 Å². The molecule has 74 heavy (non-hydrogen) atoms. The molecule has 0 aromatic rings. The van der Waals surface area contributed by atoms with E-state index in [-0.39, 0.29) is 19.1 Å². The molecule has 3 unspecified atom stereocenters. The van der Waals surface area contributed by atoms with Crippen LogP contribution in [0.15, 0.2) is 36.5 Å². The molecule has 0 saturated heterocycles. The predicted octanol–water partition coefficient (Wildman–Crippen LogP) is 20.1. The number of aliphatic hydroxyl groups is 1. The van der Waals surface area contributed by atoms with Crippen molar-refractivity contribution in [2.75, 3.05) is 40.9 Å². The Morgan fingerprint density at radius 3 is 1.12 bits per heavy atom. The zero-order chi connectivity index (χ0) is 54.2. The van der Waals surface area contributed by atoms with E-state index in [0.29, 0.717) is 23.9 Å². The summed E-state index contributed by atoms with van der Waals surface area (Å²) in [5, 5.41) is 14.0. The standard InChI is InChI=1S/C65H127N2O6P/c1-6-8-10-12-14-16-18-20-21-22-23-24-25-26-27-28-29-30-31-32-33-34-35-36-37-38-39-40-41-42-43-44-45-47-49-51-53-55-57-59-65(69)66-63(62-73-74(70,71)72-61-60-67(3,4)5)64(68)58-56-54-52-50-48-46-19-17-15-13-11-9-7-2/h18,20,22-23,25-26,63-64,68H,6-17,19,21,24,27-62H2,1-5H3,(H-,66,69,70,71)/p+1/b20-18-,23-22-,26-25-. The minimum atomic E-state index is -4.32. The van der Waals surface area contributed by atoms with Gasteiger partial charge in [0.15, 0.2) is 0 Å². The van der Waals surface area contributed by atoms with E-state index in [0.717, 1.165) is 51.4 Å². The fraction of sp³-hybridized carbons (Fsp3) is 0.892. The zero-order valence-corrected chi connectivity index (χ0v) is 51.0. The minimum absolute atomic E-state index is 0.0769. The molecule has 0 radical (unpaired) electrons. The number of carbonyl (C=O) groups is 1. The number of hydrogen-bond acceptors (Lipinski definition) is 5. The molecule has 0 fully saturated rings. The summed E-state index contributed by atoms with van der Waals surface area (Å²) in [7, 11) is 1.63. The third-order valence-electron chi connectivity index (χ3n) is 14.9. The summed E-state index contributed by atoms with van der Waals surface area (Å²) < 4.78 is 23.8. The maximum absolute atomic E-state index is 13.0. The van der Waals surface area contributed by atoms with Crippen molar-refractivity contribution in [1.29, 1.82) is 0 Å². The van der Waals surface area contributed by atoms with Crippen molar-refractivity contribution in [2.45, 2.75) is 334 Å². The number of nitrogens with zero attached hydrogens (tertiary/aromatic N) is 1. The number of aliphatic hydroxyl groups excluding tert-OH is 1. The van der Waals surface area contributed by atoms with Gasteiger partial charge in [-0.1, -0.05) is 301 Å². The Balaban J connectivity index is 3.85. The maximum atomic E-state index is 13.0. The maximum Gasteiger partial charge on any atom is 0.472 e. The number of carbonyl (C=O) groups excluding carboxylic acids is 1. The summed E-state index contributed by atoms with van der Waals surface area (Å²) in [5.74, 6) is -0.139. The van der Waals surface area contributed by atoms with Crippen LogP contribution in [0.2, 0.25) is 0 Å². The highest BCUT2D eigenvalue weighted by Crippen LogP contribution is 2.43. The summed E-state index contributed by atoms with van der Waals surface area (Å²) in [6.07, 6.45) is 73.9. The molecule has 3 atom stereocenters. The molecule has 0 aromatic carbocycles. The molecule has 0 bridgehead atoms. The quantitative estimate of drug-likeness (QED) is 0.0243. The summed E-state index contributed by atoms with van der Waals surface area (Å²) in [5.41, 5.74) is 0. The van der Waals surface area contributed by atoms with Gasteiger partial charge in [-0.05, 0) is 51.4 Å². The van der Waals surface area contributed by atoms with Gasteiger partial charge in [-0.15, -0.1) is 0 Å². The van der Waals surface area contributed by atoms with Crippen LogP contribution in [0.25, 0.3) is 0 Å². The van der Waals surface area contributed by atoms with Crippen LogP contribution in [0, 0.1) is 0 Å². The van der Waals surface area contributed by atoms with Crippen LogP contribution in [0.4, 0.5) is 0 Å². The van der Waals surface area contributed by atoms with E-state index < -0.39 is 20.0 Å². The van der Waals surface area contributed by atoms with Gasteiger partial charge >= 0.3 is 7.82 Å². The zero-order valence-electron chi connectivity index (χ0n) is 50.1. The Morgan fingerprint density at radius 2 is 0.770 bits per heavy atom. The second-order valence-electron chi connectivity index (χ2n) is 23.5. The fourth-order valence-corrected chi connectivity index (χ4v) is 10.6. The number of allylic oxidation sites excluding steroid dienone is 6. The molecule has 9 heteroatoms. The van der Waals surface area contributed by atoms with Crippen molar-refractivity contribution in [3.05, 3.63) is 36.5 Å². The molecule has 438 valence electrons. The van der Waals surface area contributed by atoms with Gasteiger partial charge < -0.3 is 19.8 Å². The topological polar surface area (TPSA) is 105 Å². The third-order valence-corrected chi connectivity index (χ3v) is 15.9. The van der Waals surface area contributed by atoms with Gasteiger partial charge in [0.2, 0.25) is 5.91 Å². The number of nitrogens with one attached hydrogen (secondary N) is 1. The molecule has 0 rings (SSSR count). The number of hydrogen-bond donors (Lipinski definition) is 3. The van der Waals surface area contributed by atoms with E-state index in [4.69, 9.17) is 9.05 Å². The first-order valence-corrected chi connectivity index (χ1v) is 33.8. The smallest absolute Gasteiger partial charge is 0.391 e. The molecule has 0 aliphatic carbocycles. The van der Waals surface area contributed by atoms with Crippen LogP contribution >= 0.6 is 7.82 Å². The van der Waals surface area contributed by atoms with Crippen molar-refractivity contribution in [2.24, 2.45) is 0 Å². The summed E-state index contributed by atoms with van der Waals surface area (Å²) in [6.45, 7) is 4.91. The first kappa shape index (κ1) is 72.7. The Morgan fingerprint density at radius 1 is 0.459 bits per heavy atom. The van der Waals surface area contributed by atoms with E-state index >= 15 is 0 Å². The van der Waals surface area contributed by atoms with Gasteiger partial charge in [0.25, 0.3) is 0 Å². The van der Waals surface area contributed by atoms with Crippen LogP contribution < -0.4 is 5.32 Å². The first-order valence-electron chi connectivity index (χ1n) is 32.4. The Hall–Kier alpha value is -1.28. The van der Waals surface area contributed by atoms with E-state index in [2.05, 4.69) is 55.6 Å². The van der Waals surface area contributed by atoms with Crippen LogP contribution in [0.3, 0.4) is 0 Å². The number of likely N-dealkylation sites (N-methyl/N-ethyl adjacent to an activating group) is 1. The third kappa shape index (κ3) is 58.4. The lowest BCUT2D eigenvalue weighted by Crippen LogP contribution is -2.46. The largest absolute Gasteiger partial charge is 0.472 e. The SMILES string of the molecule is CCCCCCC/C=C\C/C=C\C/C=C\CCCCCCCCCCCCCCCCCCCCCCCCCCC(=O)NC(COP(=O)(O)OCC[N+](C)(C)C)C(O)CCCCCCCCCCCCCCC. The normalized spacial score (nSPS) is 14.0. The Labute approximate surface area is 461 Å². The van der Waals surface area contributed by atoms with Gasteiger partial charge in [0.05, 0.1) is 39.9 Å². The fourth-order valence-electron chi connectivity index (χ4n) is 9.82. The van der Waals surface area contributed by atoms with Crippen molar-refractivity contribution in [3.63, 3.8) is 0 Å². The minimum Gasteiger partial charge on any atom is -0.391 e. The molecule has 3 N–H and O–H groups in total. The Bertz CT molecular complexity index is 1300. The molecule has 0 aliphatic heterocycles. The van der Waals surface area contributed by atoms with Crippen molar-refractivity contribution in [1.82, 2.24) is 5.32 Å². The molecule has 0 spiro atoms. The lowest BCUT2D eigenvalue weighted by atomic mass is 10.0. The van der Waals surface area contributed by atoms with Crippen LogP contribution in [0.1, 0.15) is 322 Å². The lowest BCUT2D eigenvalue weighted by Gasteiger charge is -2.26. The predicted molar refractivity (Wildman–Crippen MR) is 323 cm³/mol. The average Bonchev–Trinajstić information content (AvgIpc) is 3.36. The molecular weight excluding hydrogens is 936 g/mol. The number of phosphoric acid groups is 1.